The van der Waals surface area contributed by atoms with Crippen LogP contribution in [-0.2, 0) is 4.79 Å². The quantitative estimate of drug-likeness (QED) is 0.665. The Morgan fingerprint density at radius 2 is 2.25 bits per heavy atom. The predicted octanol–water partition coefficient (Wildman–Crippen LogP) is 0.153. The summed E-state index contributed by atoms with van der Waals surface area (Å²) in [6, 6.07) is 1.53. The Balaban J connectivity index is 2.37. The fraction of sp³-hybridized carbons (Fsp3) is 0.400. The van der Waals surface area contributed by atoms with E-state index in [1.807, 2.05) is 0 Å². The fourth-order valence-electron chi connectivity index (χ4n) is 1.16. The van der Waals surface area contributed by atoms with Crippen molar-refractivity contribution in [1.29, 1.82) is 0 Å². The molecule has 6 nitrogen and oxygen atoms in total. The zero-order chi connectivity index (χ0) is 12.1. The van der Waals surface area contributed by atoms with Gasteiger partial charge < -0.3 is 19.9 Å². The average Bonchev–Trinajstić information content (AvgIpc) is 2.64. The number of aliphatic carboxylic acids is 1. The van der Waals surface area contributed by atoms with Crippen LogP contribution >= 0.6 is 0 Å². The van der Waals surface area contributed by atoms with Gasteiger partial charge in [0.25, 0.3) is 5.91 Å². The van der Waals surface area contributed by atoms with Crippen molar-refractivity contribution in [2.24, 2.45) is 0 Å². The summed E-state index contributed by atoms with van der Waals surface area (Å²) in [4.78, 5) is 21.8. The number of carboxylic acid groups (broad SMARTS) is 1. The summed E-state index contributed by atoms with van der Waals surface area (Å²) in [5, 5.41) is 19.8. The number of carbonyl (C=O) groups excluding carboxylic acids is 1. The molecule has 88 valence electrons. The van der Waals surface area contributed by atoms with Gasteiger partial charge in [-0.05, 0) is 13.0 Å². The number of carboxylic acids is 1. The second-order valence-corrected chi connectivity index (χ2v) is 3.29. The van der Waals surface area contributed by atoms with E-state index in [0.29, 0.717) is 11.3 Å². The maximum absolute atomic E-state index is 11.5. The largest absolute Gasteiger partial charge is 0.479 e. The molecule has 0 radical (unpaired) electrons. The van der Waals surface area contributed by atoms with Crippen molar-refractivity contribution < 1.29 is 24.2 Å². The van der Waals surface area contributed by atoms with Crippen LogP contribution in [0.15, 0.2) is 16.7 Å². The second kappa shape index (κ2) is 5.32. The topological polar surface area (TPSA) is 99.8 Å². The zero-order valence-corrected chi connectivity index (χ0v) is 8.77. The van der Waals surface area contributed by atoms with E-state index < -0.39 is 12.1 Å². The molecule has 0 saturated heterocycles. The maximum atomic E-state index is 11.5. The lowest BCUT2D eigenvalue weighted by Gasteiger charge is -2.06. The van der Waals surface area contributed by atoms with E-state index in [0.717, 1.165) is 0 Å². The van der Waals surface area contributed by atoms with Crippen LogP contribution in [0.5, 0.6) is 0 Å². The van der Waals surface area contributed by atoms with Crippen LogP contribution in [0.4, 0.5) is 0 Å². The molecule has 1 unspecified atom stereocenters. The highest BCUT2D eigenvalue weighted by atomic mass is 16.4. The number of carbonyl (C=O) groups is 2. The molecule has 3 N–H and O–H groups in total. The predicted molar refractivity (Wildman–Crippen MR) is 54.0 cm³/mol. The molecule has 0 bridgehead atoms. The lowest BCUT2D eigenvalue weighted by Crippen LogP contribution is -2.30. The van der Waals surface area contributed by atoms with Gasteiger partial charge in [-0.3, -0.25) is 4.79 Å². The Bertz CT molecular complexity index is 384. The van der Waals surface area contributed by atoms with Crippen molar-refractivity contribution in [3.63, 3.8) is 0 Å². The minimum atomic E-state index is -1.45. The third-order valence-corrected chi connectivity index (χ3v) is 2.09. The summed E-state index contributed by atoms with van der Waals surface area (Å²) in [7, 11) is 0. The molecule has 6 heteroatoms. The number of aryl methyl sites for hydroxylation is 1. The number of hydrogen-bond acceptors (Lipinski definition) is 4. The highest BCUT2D eigenvalue weighted by molar-refractivity contribution is 5.95. The van der Waals surface area contributed by atoms with Crippen molar-refractivity contribution in [1.82, 2.24) is 5.32 Å². The molecule has 1 aromatic rings. The van der Waals surface area contributed by atoms with Gasteiger partial charge in [0.05, 0.1) is 11.8 Å². The number of amides is 1. The number of hydrogen-bond donors (Lipinski definition) is 3. The van der Waals surface area contributed by atoms with Gasteiger partial charge in [-0.1, -0.05) is 0 Å². The van der Waals surface area contributed by atoms with Gasteiger partial charge in [-0.15, -0.1) is 0 Å². The van der Waals surface area contributed by atoms with E-state index in [9.17, 15) is 9.59 Å². The Morgan fingerprint density at radius 3 is 2.75 bits per heavy atom. The maximum Gasteiger partial charge on any atom is 0.332 e. The molecule has 0 aromatic carbocycles. The van der Waals surface area contributed by atoms with Crippen molar-refractivity contribution in [2.75, 3.05) is 6.54 Å². The number of aliphatic hydroxyl groups excluding tert-OH is 1. The molecular weight excluding hydrogens is 214 g/mol. The molecule has 0 spiro atoms. The molecule has 1 amide bonds. The molecular formula is C10H13NO5. The van der Waals surface area contributed by atoms with Crippen LogP contribution in [-0.4, -0.2) is 34.7 Å². The summed E-state index contributed by atoms with van der Waals surface area (Å²) >= 11 is 0. The highest BCUT2D eigenvalue weighted by Gasteiger charge is 2.14. The van der Waals surface area contributed by atoms with E-state index >= 15 is 0 Å². The molecule has 0 aliphatic rings. The smallest absolute Gasteiger partial charge is 0.332 e. The standard InChI is InChI=1S/C10H13NO5/c1-6-7(3-5-16-6)9(13)11-4-2-8(12)10(14)15/h3,5,8,12H,2,4H2,1H3,(H,11,13)(H,14,15). The van der Waals surface area contributed by atoms with Crippen LogP contribution in [0.25, 0.3) is 0 Å². The van der Waals surface area contributed by atoms with E-state index in [4.69, 9.17) is 14.6 Å². The van der Waals surface area contributed by atoms with Gasteiger partial charge in [-0.25, -0.2) is 4.79 Å². The van der Waals surface area contributed by atoms with Crippen LogP contribution in [0.2, 0.25) is 0 Å². The van der Waals surface area contributed by atoms with Gasteiger partial charge in [0.2, 0.25) is 0 Å². The van der Waals surface area contributed by atoms with E-state index in [2.05, 4.69) is 5.32 Å². The van der Waals surface area contributed by atoms with Gasteiger partial charge in [-0.2, -0.15) is 0 Å². The monoisotopic (exact) mass is 227 g/mol. The van der Waals surface area contributed by atoms with Crippen molar-refractivity contribution in [3.8, 4) is 0 Å². The Hall–Kier alpha value is -1.82. The summed E-state index contributed by atoms with van der Waals surface area (Å²) in [5.74, 6) is -1.14. The fourth-order valence-corrected chi connectivity index (χ4v) is 1.16. The molecule has 1 rings (SSSR count). The first-order valence-electron chi connectivity index (χ1n) is 4.75. The van der Waals surface area contributed by atoms with Crippen LogP contribution < -0.4 is 5.32 Å². The first-order chi connectivity index (χ1) is 7.52. The van der Waals surface area contributed by atoms with Crippen LogP contribution in [0, 0.1) is 6.92 Å². The summed E-state index contributed by atoms with van der Waals surface area (Å²) < 4.78 is 4.95. The lowest BCUT2D eigenvalue weighted by atomic mass is 10.2. The molecule has 0 fully saturated rings. The number of nitrogens with one attached hydrogen (secondary N) is 1. The number of furan rings is 1. The number of rotatable bonds is 5. The van der Waals surface area contributed by atoms with Gasteiger partial charge in [0.15, 0.2) is 6.10 Å². The summed E-state index contributed by atoms with van der Waals surface area (Å²) in [6.07, 6.45) is -0.0837. The third kappa shape index (κ3) is 3.09. The Kier molecular flexibility index (Phi) is 4.07. The molecule has 0 aliphatic carbocycles. The van der Waals surface area contributed by atoms with Gasteiger partial charge >= 0.3 is 5.97 Å². The van der Waals surface area contributed by atoms with E-state index in [-0.39, 0.29) is 18.9 Å². The first kappa shape index (κ1) is 12.3. The molecule has 0 saturated carbocycles. The van der Waals surface area contributed by atoms with Gasteiger partial charge in [0.1, 0.15) is 5.76 Å². The SMILES string of the molecule is Cc1occc1C(=O)NCCC(O)C(=O)O. The molecule has 16 heavy (non-hydrogen) atoms. The molecule has 1 heterocycles. The highest BCUT2D eigenvalue weighted by Crippen LogP contribution is 2.07. The van der Waals surface area contributed by atoms with E-state index in [1.165, 1.54) is 12.3 Å². The van der Waals surface area contributed by atoms with Crippen LogP contribution in [0.3, 0.4) is 0 Å². The number of aliphatic hydroxyl groups is 1. The van der Waals surface area contributed by atoms with Crippen LogP contribution in [0.1, 0.15) is 22.5 Å². The summed E-state index contributed by atoms with van der Waals surface area (Å²) in [5.41, 5.74) is 0.407. The zero-order valence-electron chi connectivity index (χ0n) is 8.77. The summed E-state index contributed by atoms with van der Waals surface area (Å²) in [6.45, 7) is 1.75. The van der Waals surface area contributed by atoms with Gasteiger partial charge in [0, 0.05) is 13.0 Å². The van der Waals surface area contributed by atoms with Crippen molar-refractivity contribution >= 4 is 11.9 Å². The minimum Gasteiger partial charge on any atom is -0.479 e. The van der Waals surface area contributed by atoms with Crippen molar-refractivity contribution in [3.05, 3.63) is 23.7 Å². The Morgan fingerprint density at radius 1 is 1.56 bits per heavy atom. The van der Waals surface area contributed by atoms with Crippen molar-refractivity contribution in [2.45, 2.75) is 19.4 Å². The average molecular weight is 227 g/mol. The molecule has 1 aromatic heterocycles. The van der Waals surface area contributed by atoms with E-state index in [1.54, 1.807) is 6.92 Å². The first-order valence-corrected chi connectivity index (χ1v) is 4.75. The normalized spacial score (nSPS) is 12.1. The lowest BCUT2D eigenvalue weighted by molar-refractivity contribution is -0.146. The molecule has 1 atom stereocenters. The second-order valence-electron chi connectivity index (χ2n) is 3.29. The molecule has 0 aliphatic heterocycles. The third-order valence-electron chi connectivity index (χ3n) is 2.09. The minimum absolute atomic E-state index is 0.0298. The Labute approximate surface area is 91.9 Å².